The minimum absolute atomic E-state index is 0.215. The molecule has 0 aliphatic heterocycles. The maximum atomic E-state index is 4.97. The number of hydrogen-bond donors (Lipinski definition) is 0. The molecule has 0 aromatic carbocycles. The molecule has 0 fully saturated rings. The SMILES string of the molecule is [CH2]OCC(CC)OC. The molecule has 0 aromatic rings. The standard InChI is InChI=1S/C6H13O2/c1-4-6(8-3)5-7-2/h6H,2,4-5H2,1,3H3. The summed E-state index contributed by atoms with van der Waals surface area (Å²) in [5.41, 5.74) is 0. The van der Waals surface area contributed by atoms with Crippen molar-refractivity contribution in [3.8, 4) is 0 Å². The lowest BCUT2D eigenvalue weighted by Gasteiger charge is -2.09. The highest BCUT2D eigenvalue weighted by Gasteiger charge is 2.00. The molecule has 0 bridgehead atoms. The number of rotatable bonds is 4. The van der Waals surface area contributed by atoms with Gasteiger partial charge in [-0.05, 0) is 6.42 Å². The van der Waals surface area contributed by atoms with Crippen LogP contribution in [0.5, 0.6) is 0 Å². The van der Waals surface area contributed by atoms with Crippen LogP contribution in [-0.2, 0) is 9.47 Å². The van der Waals surface area contributed by atoms with Crippen molar-refractivity contribution in [1.29, 1.82) is 0 Å². The van der Waals surface area contributed by atoms with Crippen molar-refractivity contribution in [2.75, 3.05) is 13.7 Å². The van der Waals surface area contributed by atoms with Gasteiger partial charge in [-0.3, -0.25) is 0 Å². The van der Waals surface area contributed by atoms with Gasteiger partial charge in [0.15, 0.2) is 0 Å². The molecule has 0 saturated heterocycles. The maximum absolute atomic E-state index is 4.97. The molecule has 0 aliphatic rings. The van der Waals surface area contributed by atoms with E-state index in [9.17, 15) is 0 Å². The third-order valence-corrected chi connectivity index (χ3v) is 1.09. The third-order valence-electron chi connectivity index (χ3n) is 1.09. The van der Waals surface area contributed by atoms with E-state index in [4.69, 9.17) is 4.74 Å². The molecule has 0 aliphatic carbocycles. The third kappa shape index (κ3) is 2.99. The molecule has 1 unspecified atom stereocenters. The van der Waals surface area contributed by atoms with Crippen LogP contribution in [0.25, 0.3) is 0 Å². The van der Waals surface area contributed by atoms with Crippen molar-refractivity contribution in [2.45, 2.75) is 19.4 Å². The first-order valence-electron chi connectivity index (χ1n) is 2.74. The molecule has 1 atom stereocenters. The van der Waals surface area contributed by atoms with Gasteiger partial charge in [-0.15, -0.1) is 0 Å². The average molecular weight is 117 g/mol. The van der Waals surface area contributed by atoms with Crippen molar-refractivity contribution in [2.24, 2.45) is 0 Å². The predicted molar refractivity (Wildman–Crippen MR) is 32.4 cm³/mol. The molecule has 0 amide bonds. The lowest BCUT2D eigenvalue weighted by Crippen LogP contribution is -2.14. The average Bonchev–Trinajstić information content (AvgIpc) is 1.83. The van der Waals surface area contributed by atoms with E-state index in [1.807, 2.05) is 6.92 Å². The molecular formula is C6H13O2. The molecular weight excluding hydrogens is 104 g/mol. The van der Waals surface area contributed by atoms with E-state index in [1.165, 1.54) is 0 Å². The van der Waals surface area contributed by atoms with Gasteiger partial charge in [0.2, 0.25) is 0 Å². The van der Waals surface area contributed by atoms with Crippen LogP contribution in [0.2, 0.25) is 0 Å². The van der Waals surface area contributed by atoms with Gasteiger partial charge < -0.3 is 9.47 Å². The van der Waals surface area contributed by atoms with Crippen LogP contribution < -0.4 is 0 Å². The quantitative estimate of drug-likeness (QED) is 0.551. The summed E-state index contributed by atoms with van der Waals surface area (Å²) in [7, 11) is 4.92. The molecule has 0 spiro atoms. The van der Waals surface area contributed by atoms with Crippen LogP contribution >= 0.6 is 0 Å². The van der Waals surface area contributed by atoms with Gasteiger partial charge in [0.1, 0.15) is 0 Å². The minimum atomic E-state index is 0.215. The highest BCUT2D eigenvalue weighted by Crippen LogP contribution is 1.94. The van der Waals surface area contributed by atoms with Gasteiger partial charge in [0, 0.05) is 7.11 Å². The second kappa shape index (κ2) is 5.06. The molecule has 2 heteroatoms. The smallest absolute Gasteiger partial charge is 0.0802 e. The fraction of sp³-hybridized carbons (Fsp3) is 0.833. The maximum Gasteiger partial charge on any atom is 0.0802 e. The Hall–Kier alpha value is -0.0800. The first-order valence-corrected chi connectivity index (χ1v) is 2.74. The highest BCUT2D eigenvalue weighted by atomic mass is 16.5. The zero-order valence-corrected chi connectivity index (χ0v) is 5.52. The molecule has 0 N–H and O–H groups in total. The lowest BCUT2D eigenvalue weighted by molar-refractivity contribution is 0.0379. The van der Waals surface area contributed by atoms with Crippen LogP contribution in [0, 0.1) is 7.11 Å². The van der Waals surface area contributed by atoms with E-state index >= 15 is 0 Å². The Kier molecular flexibility index (Phi) is 5.01. The van der Waals surface area contributed by atoms with Gasteiger partial charge >= 0.3 is 0 Å². The first kappa shape index (κ1) is 7.92. The number of methoxy groups -OCH3 is 1. The van der Waals surface area contributed by atoms with E-state index in [0.717, 1.165) is 6.42 Å². The van der Waals surface area contributed by atoms with Crippen LogP contribution in [0.4, 0.5) is 0 Å². The normalized spacial score (nSPS) is 13.9. The zero-order valence-electron chi connectivity index (χ0n) is 5.52. The number of ether oxygens (including phenoxy) is 2. The summed E-state index contributed by atoms with van der Waals surface area (Å²) in [4.78, 5) is 0. The van der Waals surface area contributed by atoms with Crippen LogP contribution in [-0.4, -0.2) is 19.8 Å². The molecule has 1 radical (unpaired) electrons. The molecule has 8 heavy (non-hydrogen) atoms. The monoisotopic (exact) mass is 117 g/mol. The second-order valence-corrected chi connectivity index (χ2v) is 1.64. The van der Waals surface area contributed by atoms with E-state index in [1.54, 1.807) is 7.11 Å². The topological polar surface area (TPSA) is 18.5 Å². The Labute approximate surface area is 50.8 Å². The molecule has 0 aromatic heterocycles. The first-order chi connectivity index (χ1) is 3.85. The fourth-order valence-electron chi connectivity index (χ4n) is 0.484. The minimum Gasteiger partial charge on any atom is -0.379 e. The Bertz CT molecular complexity index is 41.8. The van der Waals surface area contributed by atoms with Crippen LogP contribution in [0.1, 0.15) is 13.3 Å². The molecule has 0 rings (SSSR count). The van der Waals surface area contributed by atoms with Gasteiger partial charge in [0.25, 0.3) is 0 Å². The highest BCUT2D eigenvalue weighted by molar-refractivity contribution is 4.50. The van der Waals surface area contributed by atoms with E-state index in [2.05, 4.69) is 11.8 Å². The van der Waals surface area contributed by atoms with Crippen molar-refractivity contribution in [3.05, 3.63) is 7.11 Å². The van der Waals surface area contributed by atoms with Crippen molar-refractivity contribution < 1.29 is 9.47 Å². The predicted octanol–water partition coefficient (Wildman–Crippen LogP) is 1.22. The van der Waals surface area contributed by atoms with E-state index in [0.29, 0.717) is 6.61 Å². The Morgan fingerprint density at radius 1 is 1.62 bits per heavy atom. The molecule has 2 nitrogen and oxygen atoms in total. The second-order valence-electron chi connectivity index (χ2n) is 1.64. The molecule has 0 saturated carbocycles. The summed E-state index contributed by atoms with van der Waals surface area (Å²) in [5.74, 6) is 0. The largest absolute Gasteiger partial charge is 0.379 e. The zero-order chi connectivity index (χ0) is 6.41. The van der Waals surface area contributed by atoms with Crippen molar-refractivity contribution >= 4 is 0 Å². The number of hydrogen-bond acceptors (Lipinski definition) is 2. The Morgan fingerprint density at radius 3 is 2.38 bits per heavy atom. The van der Waals surface area contributed by atoms with Gasteiger partial charge in [-0.2, -0.15) is 0 Å². The Balaban J connectivity index is 3.07. The van der Waals surface area contributed by atoms with E-state index in [-0.39, 0.29) is 6.10 Å². The van der Waals surface area contributed by atoms with Crippen LogP contribution in [0.15, 0.2) is 0 Å². The molecule has 0 heterocycles. The summed E-state index contributed by atoms with van der Waals surface area (Å²) in [6, 6.07) is 0. The summed E-state index contributed by atoms with van der Waals surface area (Å²) < 4.78 is 9.59. The van der Waals surface area contributed by atoms with Gasteiger partial charge in [0.05, 0.1) is 19.8 Å². The van der Waals surface area contributed by atoms with Crippen molar-refractivity contribution in [3.63, 3.8) is 0 Å². The van der Waals surface area contributed by atoms with Gasteiger partial charge in [-0.1, -0.05) is 6.92 Å². The van der Waals surface area contributed by atoms with E-state index < -0.39 is 0 Å². The molecule has 49 valence electrons. The summed E-state index contributed by atoms with van der Waals surface area (Å²) in [6.07, 6.45) is 1.19. The lowest BCUT2D eigenvalue weighted by atomic mass is 10.3. The summed E-state index contributed by atoms with van der Waals surface area (Å²) >= 11 is 0. The fourth-order valence-corrected chi connectivity index (χ4v) is 0.484. The summed E-state index contributed by atoms with van der Waals surface area (Å²) in [5, 5.41) is 0. The summed E-state index contributed by atoms with van der Waals surface area (Å²) in [6.45, 7) is 2.64. The van der Waals surface area contributed by atoms with Crippen LogP contribution in [0.3, 0.4) is 0 Å². The van der Waals surface area contributed by atoms with Gasteiger partial charge in [-0.25, -0.2) is 0 Å². The Morgan fingerprint density at radius 2 is 2.25 bits per heavy atom. The van der Waals surface area contributed by atoms with Crippen molar-refractivity contribution in [1.82, 2.24) is 0 Å².